The summed E-state index contributed by atoms with van der Waals surface area (Å²) < 4.78 is 5.32. The topological polar surface area (TPSA) is 29.5 Å². The molecule has 70 valence electrons. The fourth-order valence-corrected chi connectivity index (χ4v) is 1.20. The molecule has 2 nitrogen and oxygen atoms in total. The van der Waals surface area contributed by atoms with Crippen LogP contribution in [0.15, 0.2) is 30.9 Å². The number of benzene rings is 1. The summed E-state index contributed by atoms with van der Waals surface area (Å²) in [5, 5.41) is 9.49. The summed E-state index contributed by atoms with van der Waals surface area (Å²) in [6, 6.07) is 5.35. The normalized spacial score (nSPS) is 9.62. The number of hydrogen-bond acceptors (Lipinski definition) is 2. The molecule has 0 aliphatic heterocycles. The van der Waals surface area contributed by atoms with E-state index in [2.05, 4.69) is 6.58 Å². The van der Waals surface area contributed by atoms with Crippen LogP contribution >= 0.6 is 0 Å². The Balaban J connectivity index is 3.01. The predicted octanol–water partition coefficient (Wildman–Crippen LogP) is 2.52. The van der Waals surface area contributed by atoms with Crippen molar-refractivity contribution in [2.75, 3.05) is 6.61 Å². The number of phenols is 1. The smallest absolute Gasteiger partial charge is 0.164 e. The van der Waals surface area contributed by atoms with Gasteiger partial charge in [-0.15, -0.1) is 6.58 Å². The number of ether oxygens (including phenoxy) is 1. The van der Waals surface area contributed by atoms with Gasteiger partial charge in [0, 0.05) is 5.56 Å². The van der Waals surface area contributed by atoms with E-state index in [-0.39, 0.29) is 5.75 Å². The number of para-hydroxylation sites is 1. The van der Waals surface area contributed by atoms with Gasteiger partial charge < -0.3 is 9.84 Å². The number of phenolic OH excluding ortho intramolecular Hbond substituents is 1. The molecule has 0 atom stereocenters. The number of hydrogen-bond donors (Lipinski definition) is 1. The Morgan fingerprint density at radius 1 is 1.54 bits per heavy atom. The van der Waals surface area contributed by atoms with Crippen molar-refractivity contribution in [2.45, 2.75) is 13.3 Å². The van der Waals surface area contributed by atoms with Crippen LogP contribution < -0.4 is 4.74 Å². The van der Waals surface area contributed by atoms with E-state index in [1.165, 1.54) is 0 Å². The molecule has 1 aromatic rings. The molecule has 0 unspecified atom stereocenters. The third kappa shape index (κ3) is 2.25. The van der Waals surface area contributed by atoms with E-state index in [0.717, 1.165) is 5.56 Å². The average molecular weight is 178 g/mol. The molecule has 0 aromatic heterocycles. The van der Waals surface area contributed by atoms with Crippen molar-refractivity contribution in [3.8, 4) is 11.5 Å². The van der Waals surface area contributed by atoms with Gasteiger partial charge in [0.25, 0.3) is 0 Å². The number of aromatic hydroxyl groups is 1. The first-order valence-electron chi connectivity index (χ1n) is 4.34. The fourth-order valence-electron chi connectivity index (χ4n) is 1.20. The third-order valence-electron chi connectivity index (χ3n) is 1.73. The van der Waals surface area contributed by atoms with Crippen LogP contribution in [-0.2, 0) is 6.42 Å². The standard InChI is InChI=1S/C11H14O2/c1-3-6-9-7-5-8-10(12)11(9)13-4-2/h3,5,7-8,12H,1,4,6H2,2H3. The van der Waals surface area contributed by atoms with E-state index in [1.807, 2.05) is 13.0 Å². The highest BCUT2D eigenvalue weighted by Crippen LogP contribution is 2.30. The van der Waals surface area contributed by atoms with Crippen LogP contribution in [0.4, 0.5) is 0 Å². The summed E-state index contributed by atoms with van der Waals surface area (Å²) in [5.41, 5.74) is 0.969. The minimum absolute atomic E-state index is 0.196. The lowest BCUT2D eigenvalue weighted by atomic mass is 10.1. The van der Waals surface area contributed by atoms with E-state index in [0.29, 0.717) is 18.8 Å². The Kier molecular flexibility index (Phi) is 3.38. The summed E-state index contributed by atoms with van der Waals surface area (Å²) in [5.74, 6) is 0.770. The van der Waals surface area contributed by atoms with Crippen LogP contribution in [0.2, 0.25) is 0 Å². The molecule has 1 aromatic carbocycles. The second kappa shape index (κ2) is 4.55. The second-order valence-corrected chi connectivity index (χ2v) is 2.69. The summed E-state index contributed by atoms with van der Waals surface area (Å²) in [6.07, 6.45) is 2.50. The molecule has 1 rings (SSSR count). The van der Waals surface area contributed by atoms with Gasteiger partial charge in [0.2, 0.25) is 0 Å². The molecule has 0 saturated carbocycles. The maximum absolute atomic E-state index is 9.49. The van der Waals surface area contributed by atoms with E-state index >= 15 is 0 Å². The van der Waals surface area contributed by atoms with Crippen LogP contribution in [0.3, 0.4) is 0 Å². The van der Waals surface area contributed by atoms with Crippen LogP contribution in [0.25, 0.3) is 0 Å². The van der Waals surface area contributed by atoms with Crippen molar-refractivity contribution in [1.82, 2.24) is 0 Å². The molecule has 0 aliphatic carbocycles. The van der Waals surface area contributed by atoms with E-state index in [9.17, 15) is 5.11 Å². The Bertz CT molecular complexity index is 292. The van der Waals surface area contributed by atoms with Crippen molar-refractivity contribution in [1.29, 1.82) is 0 Å². The molecule has 0 spiro atoms. The molecule has 0 saturated heterocycles. The zero-order valence-electron chi connectivity index (χ0n) is 7.79. The zero-order valence-corrected chi connectivity index (χ0v) is 7.79. The molecule has 0 radical (unpaired) electrons. The highest BCUT2D eigenvalue weighted by atomic mass is 16.5. The van der Waals surface area contributed by atoms with Crippen LogP contribution in [0.5, 0.6) is 11.5 Å². The minimum Gasteiger partial charge on any atom is -0.504 e. The number of rotatable bonds is 4. The summed E-state index contributed by atoms with van der Waals surface area (Å²) in [4.78, 5) is 0. The van der Waals surface area contributed by atoms with Gasteiger partial charge >= 0.3 is 0 Å². The van der Waals surface area contributed by atoms with Gasteiger partial charge in [-0.05, 0) is 19.4 Å². The predicted molar refractivity (Wildman–Crippen MR) is 53.2 cm³/mol. The van der Waals surface area contributed by atoms with E-state index in [4.69, 9.17) is 4.74 Å². The highest BCUT2D eigenvalue weighted by molar-refractivity contribution is 5.46. The first-order valence-corrected chi connectivity index (χ1v) is 4.34. The molecule has 0 fully saturated rings. The lowest BCUT2D eigenvalue weighted by Crippen LogP contribution is -1.96. The van der Waals surface area contributed by atoms with Crippen LogP contribution in [0, 0.1) is 0 Å². The van der Waals surface area contributed by atoms with Crippen LogP contribution in [0.1, 0.15) is 12.5 Å². The Labute approximate surface area is 78.5 Å². The largest absolute Gasteiger partial charge is 0.504 e. The van der Waals surface area contributed by atoms with E-state index < -0.39 is 0 Å². The van der Waals surface area contributed by atoms with Crippen molar-refractivity contribution >= 4 is 0 Å². The lowest BCUT2D eigenvalue weighted by Gasteiger charge is -2.09. The van der Waals surface area contributed by atoms with Gasteiger partial charge in [-0.1, -0.05) is 18.2 Å². The molecular formula is C11H14O2. The molecule has 0 heterocycles. The first-order chi connectivity index (χ1) is 6.29. The van der Waals surface area contributed by atoms with Crippen molar-refractivity contribution < 1.29 is 9.84 Å². The van der Waals surface area contributed by atoms with Gasteiger partial charge in [0.15, 0.2) is 11.5 Å². The first kappa shape index (κ1) is 9.65. The molecule has 2 heteroatoms. The van der Waals surface area contributed by atoms with Crippen molar-refractivity contribution in [3.63, 3.8) is 0 Å². The maximum atomic E-state index is 9.49. The molecule has 0 aliphatic rings. The number of allylic oxidation sites excluding steroid dienone is 1. The minimum atomic E-state index is 0.196. The van der Waals surface area contributed by atoms with Gasteiger partial charge in [-0.3, -0.25) is 0 Å². The Morgan fingerprint density at radius 3 is 2.92 bits per heavy atom. The maximum Gasteiger partial charge on any atom is 0.164 e. The summed E-state index contributed by atoms with van der Waals surface area (Å²) in [6.45, 7) is 6.10. The quantitative estimate of drug-likeness (QED) is 0.718. The highest BCUT2D eigenvalue weighted by Gasteiger charge is 2.06. The Hall–Kier alpha value is -1.44. The lowest BCUT2D eigenvalue weighted by molar-refractivity contribution is 0.315. The van der Waals surface area contributed by atoms with Crippen molar-refractivity contribution in [2.24, 2.45) is 0 Å². The molecule has 13 heavy (non-hydrogen) atoms. The van der Waals surface area contributed by atoms with Gasteiger partial charge in [0.1, 0.15) is 0 Å². The molecular weight excluding hydrogens is 164 g/mol. The van der Waals surface area contributed by atoms with Gasteiger partial charge in [-0.25, -0.2) is 0 Å². The van der Waals surface area contributed by atoms with Crippen LogP contribution in [-0.4, -0.2) is 11.7 Å². The molecule has 1 N–H and O–H groups in total. The van der Waals surface area contributed by atoms with Crippen molar-refractivity contribution in [3.05, 3.63) is 36.4 Å². The molecule has 0 bridgehead atoms. The monoisotopic (exact) mass is 178 g/mol. The summed E-state index contributed by atoms with van der Waals surface area (Å²) >= 11 is 0. The van der Waals surface area contributed by atoms with Gasteiger partial charge in [0.05, 0.1) is 6.61 Å². The SMILES string of the molecule is C=CCc1cccc(O)c1OCC. The third-order valence-corrected chi connectivity index (χ3v) is 1.73. The van der Waals surface area contributed by atoms with E-state index in [1.54, 1.807) is 18.2 Å². The average Bonchev–Trinajstić information content (AvgIpc) is 2.11. The second-order valence-electron chi connectivity index (χ2n) is 2.69. The molecule has 0 amide bonds. The zero-order chi connectivity index (χ0) is 9.68. The Morgan fingerprint density at radius 2 is 2.31 bits per heavy atom. The van der Waals surface area contributed by atoms with Gasteiger partial charge in [-0.2, -0.15) is 0 Å². The summed E-state index contributed by atoms with van der Waals surface area (Å²) in [7, 11) is 0. The fraction of sp³-hybridized carbons (Fsp3) is 0.273.